The maximum atomic E-state index is 11.5. The lowest BCUT2D eigenvalue weighted by Gasteiger charge is -2.27. The van der Waals surface area contributed by atoms with E-state index in [1.54, 1.807) is 0 Å². The molecule has 3 N–H and O–H groups in total. The molecule has 0 bridgehead atoms. The van der Waals surface area contributed by atoms with E-state index in [1.165, 1.54) is 4.90 Å². The second kappa shape index (κ2) is 4.46. The summed E-state index contributed by atoms with van der Waals surface area (Å²) in [4.78, 5) is 24.4. The standard InChI is InChI=1S/C10H12N4O5/c15-1-4-6(16)7(17)10(19-4)14-3-13-5-8(14)11-2-12-9(5)18/h2,4,6-7,10,15-17H,1,3H2. The van der Waals surface area contributed by atoms with Crippen molar-refractivity contribution < 1.29 is 24.9 Å². The van der Waals surface area contributed by atoms with Crippen LogP contribution >= 0.6 is 0 Å². The molecule has 0 aromatic carbocycles. The lowest BCUT2D eigenvalue weighted by molar-refractivity contribution is -0.111. The summed E-state index contributed by atoms with van der Waals surface area (Å²) in [5.74, 6) is -0.242. The Morgan fingerprint density at radius 1 is 1.42 bits per heavy atom. The van der Waals surface area contributed by atoms with Gasteiger partial charge in [0.2, 0.25) is 0 Å². The predicted octanol–water partition coefficient (Wildman–Crippen LogP) is -2.89. The van der Waals surface area contributed by atoms with Gasteiger partial charge in [-0.15, -0.1) is 0 Å². The van der Waals surface area contributed by atoms with E-state index in [2.05, 4.69) is 15.0 Å². The number of hydrogen-bond acceptors (Lipinski definition) is 8. The fourth-order valence-electron chi connectivity index (χ4n) is 2.25. The number of carbonyl (C=O) groups excluding carboxylic acids is 1. The van der Waals surface area contributed by atoms with Gasteiger partial charge in [-0.2, -0.15) is 4.99 Å². The van der Waals surface area contributed by atoms with Crippen LogP contribution in [0.4, 0.5) is 0 Å². The van der Waals surface area contributed by atoms with Crippen molar-refractivity contribution in [2.45, 2.75) is 24.5 Å². The van der Waals surface area contributed by atoms with Crippen molar-refractivity contribution in [3.8, 4) is 0 Å². The van der Waals surface area contributed by atoms with E-state index < -0.39 is 37.1 Å². The number of amidine groups is 1. The molecule has 3 rings (SSSR count). The number of rotatable bonds is 2. The van der Waals surface area contributed by atoms with E-state index in [9.17, 15) is 15.0 Å². The van der Waals surface area contributed by atoms with Crippen LogP contribution in [0.15, 0.2) is 15.0 Å². The van der Waals surface area contributed by atoms with Crippen molar-refractivity contribution in [2.24, 2.45) is 15.0 Å². The fraction of sp³-hybridized carbons (Fsp3) is 0.600. The number of ether oxygens (including phenoxy) is 1. The summed E-state index contributed by atoms with van der Waals surface area (Å²) in [5.41, 5.74) is 0.111. The number of aliphatic hydroxyl groups excluding tert-OH is 3. The van der Waals surface area contributed by atoms with Gasteiger partial charge in [-0.05, 0) is 0 Å². The maximum absolute atomic E-state index is 11.5. The molecule has 0 radical (unpaired) electrons. The van der Waals surface area contributed by atoms with Crippen LogP contribution in [-0.2, 0) is 9.53 Å². The van der Waals surface area contributed by atoms with Crippen LogP contribution < -0.4 is 0 Å². The molecular formula is C10H12N4O5. The third-order valence-electron chi connectivity index (χ3n) is 3.25. The van der Waals surface area contributed by atoms with E-state index in [0.717, 1.165) is 6.34 Å². The highest BCUT2D eigenvalue weighted by molar-refractivity contribution is 6.69. The Morgan fingerprint density at radius 3 is 2.89 bits per heavy atom. The van der Waals surface area contributed by atoms with Crippen LogP contribution in [-0.4, -0.2) is 81.8 Å². The molecule has 9 nitrogen and oxygen atoms in total. The van der Waals surface area contributed by atoms with E-state index >= 15 is 0 Å². The second-order valence-electron chi connectivity index (χ2n) is 4.35. The first-order valence-corrected chi connectivity index (χ1v) is 5.72. The average Bonchev–Trinajstić information content (AvgIpc) is 2.94. The number of fused-ring (bicyclic) bond motifs is 1. The minimum atomic E-state index is -1.22. The number of hydrogen-bond donors (Lipinski definition) is 3. The molecule has 1 fully saturated rings. The van der Waals surface area contributed by atoms with Crippen LogP contribution in [0.1, 0.15) is 0 Å². The number of nitrogens with zero attached hydrogens (tertiary/aromatic N) is 4. The minimum Gasteiger partial charge on any atom is -0.394 e. The molecule has 102 valence electrons. The molecule has 0 aromatic rings. The Kier molecular flexibility index (Phi) is 2.90. The average molecular weight is 268 g/mol. The van der Waals surface area contributed by atoms with E-state index in [-0.39, 0.29) is 18.2 Å². The molecule has 0 aromatic heterocycles. The third-order valence-corrected chi connectivity index (χ3v) is 3.25. The van der Waals surface area contributed by atoms with Crippen molar-refractivity contribution in [2.75, 3.05) is 13.3 Å². The van der Waals surface area contributed by atoms with Crippen molar-refractivity contribution in [1.29, 1.82) is 0 Å². The van der Waals surface area contributed by atoms with Crippen molar-refractivity contribution >= 4 is 23.8 Å². The Hall–Kier alpha value is -1.68. The molecule has 4 unspecified atom stereocenters. The first-order chi connectivity index (χ1) is 9.13. The lowest BCUT2D eigenvalue weighted by Crippen LogP contribution is -2.48. The molecular weight excluding hydrogens is 256 g/mol. The van der Waals surface area contributed by atoms with Gasteiger partial charge in [0.05, 0.1) is 6.61 Å². The van der Waals surface area contributed by atoms with Gasteiger partial charge in [-0.3, -0.25) is 9.79 Å². The first kappa shape index (κ1) is 12.4. The predicted molar refractivity (Wildman–Crippen MR) is 62.8 cm³/mol. The van der Waals surface area contributed by atoms with Crippen molar-refractivity contribution in [3.63, 3.8) is 0 Å². The number of aliphatic imine (C=N–C) groups is 3. The van der Waals surface area contributed by atoms with Gasteiger partial charge in [-0.25, -0.2) is 4.99 Å². The molecule has 1 amide bonds. The zero-order valence-electron chi connectivity index (χ0n) is 9.75. The number of aliphatic hydroxyl groups is 3. The summed E-state index contributed by atoms with van der Waals surface area (Å²) in [6.07, 6.45) is -3.10. The zero-order valence-corrected chi connectivity index (χ0v) is 9.75. The van der Waals surface area contributed by atoms with Gasteiger partial charge in [0.25, 0.3) is 0 Å². The van der Waals surface area contributed by atoms with E-state index in [4.69, 9.17) is 9.84 Å². The quantitative estimate of drug-likeness (QED) is 0.493. The minimum absolute atomic E-state index is 0.0792. The highest BCUT2D eigenvalue weighted by Gasteiger charge is 2.48. The molecule has 3 aliphatic rings. The molecule has 9 heteroatoms. The zero-order chi connectivity index (χ0) is 13.6. The van der Waals surface area contributed by atoms with Gasteiger partial charge in [0, 0.05) is 0 Å². The first-order valence-electron chi connectivity index (χ1n) is 5.72. The van der Waals surface area contributed by atoms with Gasteiger partial charge in [0.15, 0.2) is 17.8 Å². The van der Waals surface area contributed by atoms with Crippen LogP contribution in [0.5, 0.6) is 0 Å². The van der Waals surface area contributed by atoms with Gasteiger partial charge >= 0.3 is 5.91 Å². The summed E-state index contributed by atoms with van der Waals surface area (Å²) in [7, 11) is 0. The number of amides is 1. The Labute approximate surface area is 107 Å². The molecule has 1 saturated heterocycles. The van der Waals surface area contributed by atoms with Crippen LogP contribution in [0.25, 0.3) is 0 Å². The van der Waals surface area contributed by atoms with Gasteiger partial charge in [0.1, 0.15) is 31.3 Å². The Morgan fingerprint density at radius 2 is 2.21 bits per heavy atom. The largest absolute Gasteiger partial charge is 0.394 e. The third kappa shape index (κ3) is 1.78. The van der Waals surface area contributed by atoms with Gasteiger partial charge < -0.3 is 25.0 Å². The molecule has 4 atom stereocenters. The highest BCUT2D eigenvalue weighted by Crippen LogP contribution is 2.26. The smallest absolute Gasteiger partial charge is 0.300 e. The highest BCUT2D eigenvalue weighted by atomic mass is 16.6. The van der Waals surface area contributed by atoms with Crippen molar-refractivity contribution in [1.82, 2.24) is 4.90 Å². The molecule has 3 heterocycles. The SMILES string of the molecule is O=C1N=CN=C2C1=NCN2C1OC(CO)C(O)C1O. The number of carbonyl (C=O) groups is 1. The Bertz CT molecular complexity index is 502. The molecule has 0 saturated carbocycles. The van der Waals surface area contributed by atoms with Crippen LogP contribution in [0.3, 0.4) is 0 Å². The summed E-state index contributed by atoms with van der Waals surface area (Å²) >= 11 is 0. The molecule has 0 spiro atoms. The molecule has 19 heavy (non-hydrogen) atoms. The molecule has 3 aliphatic heterocycles. The monoisotopic (exact) mass is 268 g/mol. The summed E-state index contributed by atoms with van der Waals surface area (Å²) < 4.78 is 5.37. The van der Waals surface area contributed by atoms with E-state index in [0.29, 0.717) is 0 Å². The van der Waals surface area contributed by atoms with Gasteiger partial charge in [-0.1, -0.05) is 0 Å². The van der Waals surface area contributed by atoms with Crippen molar-refractivity contribution in [3.05, 3.63) is 0 Å². The van der Waals surface area contributed by atoms with E-state index in [1.807, 2.05) is 0 Å². The lowest BCUT2D eigenvalue weighted by atomic mass is 10.1. The van der Waals surface area contributed by atoms with Crippen LogP contribution in [0.2, 0.25) is 0 Å². The normalized spacial score (nSPS) is 37.4. The molecule has 0 aliphatic carbocycles. The van der Waals surface area contributed by atoms with Crippen LogP contribution in [0, 0.1) is 0 Å². The maximum Gasteiger partial charge on any atom is 0.300 e. The summed E-state index contributed by atoms with van der Waals surface area (Å²) in [6, 6.07) is 0. The topological polar surface area (TPSA) is 127 Å². The summed E-state index contributed by atoms with van der Waals surface area (Å²) in [6.45, 7) is -0.334. The summed E-state index contributed by atoms with van der Waals surface area (Å²) in [5, 5.41) is 28.7. The second-order valence-corrected chi connectivity index (χ2v) is 4.35. The Balaban J connectivity index is 1.84. The fourth-order valence-corrected chi connectivity index (χ4v) is 2.25.